The Balaban J connectivity index is 3.92. The van der Waals surface area contributed by atoms with Crippen LogP contribution in [0.2, 0.25) is 6.04 Å². The minimum absolute atomic E-state index is 0.0998. The van der Waals surface area contributed by atoms with Crippen molar-refractivity contribution in [3.63, 3.8) is 0 Å². The van der Waals surface area contributed by atoms with Gasteiger partial charge in [-0.25, -0.2) is 0 Å². The number of carbonyl (C=O) groups is 1. The molecule has 0 radical (unpaired) electrons. The van der Waals surface area contributed by atoms with E-state index < -0.39 is 8.80 Å². The summed E-state index contributed by atoms with van der Waals surface area (Å²) in [7, 11) is -2.52. The van der Waals surface area contributed by atoms with E-state index in [2.05, 4.69) is 17.2 Å². The van der Waals surface area contributed by atoms with E-state index in [1.54, 1.807) is 6.92 Å². The maximum atomic E-state index is 11.3. The van der Waals surface area contributed by atoms with E-state index in [1.807, 2.05) is 20.8 Å². The van der Waals surface area contributed by atoms with Crippen LogP contribution in [-0.4, -0.2) is 54.2 Å². The van der Waals surface area contributed by atoms with E-state index in [9.17, 15) is 4.79 Å². The first-order valence-electron chi connectivity index (χ1n) is 8.07. The molecule has 0 aliphatic carbocycles. The molecule has 22 heavy (non-hydrogen) atoms. The Bertz CT molecular complexity index is 310. The van der Waals surface area contributed by atoms with Gasteiger partial charge in [-0.1, -0.05) is 6.58 Å². The quantitative estimate of drug-likeness (QED) is 0.288. The van der Waals surface area contributed by atoms with Crippen molar-refractivity contribution < 1.29 is 18.1 Å². The third kappa shape index (κ3) is 9.32. The molecule has 0 saturated heterocycles. The van der Waals surface area contributed by atoms with Crippen molar-refractivity contribution in [1.82, 2.24) is 10.6 Å². The summed E-state index contributed by atoms with van der Waals surface area (Å²) < 4.78 is 17.4. The van der Waals surface area contributed by atoms with Crippen molar-refractivity contribution in [1.29, 1.82) is 0 Å². The average molecular weight is 333 g/mol. The molecule has 0 spiro atoms. The van der Waals surface area contributed by atoms with Gasteiger partial charge in [-0.3, -0.25) is 4.79 Å². The summed E-state index contributed by atoms with van der Waals surface area (Å²) in [6, 6.07) is 0.799. The van der Waals surface area contributed by atoms with E-state index in [-0.39, 0.29) is 5.91 Å². The fraction of sp³-hybridized carbons (Fsp3) is 0.800. The van der Waals surface area contributed by atoms with E-state index in [0.29, 0.717) is 31.9 Å². The SMILES string of the molecule is C=C(C)C(=O)NCCNCCC[Si](OCC)(OCC)OCC. The van der Waals surface area contributed by atoms with Crippen molar-refractivity contribution >= 4 is 14.7 Å². The summed E-state index contributed by atoms with van der Waals surface area (Å²) in [4.78, 5) is 11.3. The molecule has 0 bridgehead atoms. The number of hydrogen-bond donors (Lipinski definition) is 2. The molecule has 0 fully saturated rings. The van der Waals surface area contributed by atoms with Gasteiger partial charge in [-0.15, -0.1) is 0 Å². The third-order valence-corrected chi connectivity index (χ3v) is 6.06. The molecule has 0 aliphatic rings. The first-order valence-corrected chi connectivity index (χ1v) is 10.0. The maximum absolute atomic E-state index is 11.3. The zero-order valence-electron chi connectivity index (χ0n) is 14.5. The smallest absolute Gasteiger partial charge is 0.374 e. The van der Waals surface area contributed by atoms with E-state index in [4.69, 9.17) is 13.3 Å². The number of amides is 1. The summed E-state index contributed by atoms with van der Waals surface area (Å²) >= 11 is 0. The summed E-state index contributed by atoms with van der Waals surface area (Å²) in [6.07, 6.45) is 0.917. The standard InChI is InChI=1S/C15H32N2O4Si/c1-6-19-22(20-7-2,21-8-3)13-9-10-16-11-12-17-15(18)14(4)5/h16H,4,6-13H2,1-3,5H3,(H,17,18). The van der Waals surface area contributed by atoms with Gasteiger partial charge in [0.15, 0.2) is 0 Å². The van der Waals surface area contributed by atoms with E-state index in [1.165, 1.54) is 0 Å². The minimum atomic E-state index is -2.52. The molecular formula is C15H32N2O4Si. The second kappa shape index (κ2) is 12.8. The Hall–Kier alpha value is -0.733. The molecule has 7 heteroatoms. The molecule has 0 rings (SSSR count). The predicted octanol–water partition coefficient (Wildman–Crippen LogP) is 1.71. The van der Waals surface area contributed by atoms with Crippen LogP contribution in [0, 0.1) is 0 Å². The number of rotatable bonds is 14. The van der Waals surface area contributed by atoms with Crippen molar-refractivity contribution in [3.05, 3.63) is 12.2 Å². The van der Waals surface area contributed by atoms with Crippen LogP contribution in [0.1, 0.15) is 34.1 Å². The van der Waals surface area contributed by atoms with Crippen LogP contribution in [0.5, 0.6) is 0 Å². The minimum Gasteiger partial charge on any atom is -0.374 e. The van der Waals surface area contributed by atoms with Crippen LogP contribution >= 0.6 is 0 Å². The van der Waals surface area contributed by atoms with Crippen LogP contribution in [0.3, 0.4) is 0 Å². The molecule has 1 amide bonds. The van der Waals surface area contributed by atoms with Crippen LogP contribution in [0.4, 0.5) is 0 Å². The molecule has 130 valence electrons. The number of hydrogen-bond acceptors (Lipinski definition) is 5. The van der Waals surface area contributed by atoms with Gasteiger partial charge in [-0.05, 0) is 40.7 Å². The maximum Gasteiger partial charge on any atom is 0.500 e. The van der Waals surface area contributed by atoms with Gasteiger partial charge in [0.05, 0.1) is 0 Å². The molecule has 0 heterocycles. The molecule has 2 N–H and O–H groups in total. The summed E-state index contributed by atoms with van der Waals surface area (Å²) in [6.45, 7) is 15.1. The van der Waals surface area contributed by atoms with Gasteiger partial charge in [0, 0.05) is 44.5 Å². The molecule has 0 saturated carbocycles. The molecule has 0 atom stereocenters. The van der Waals surface area contributed by atoms with E-state index >= 15 is 0 Å². The highest BCUT2D eigenvalue weighted by molar-refractivity contribution is 6.60. The van der Waals surface area contributed by atoms with E-state index in [0.717, 1.165) is 25.6 Å². The molecule has 0 aromatic carbocycles. The lowest BCUT2D eigenvalue weighted by molar-refractivity contribution is -0.117. The number of nitrogens with one attached hydrogen (secondary N) is 2. The molecule has 0 aromatic heterocycles. The summed E-state index contributed by atoms with van der Waals surface area (Å²) in [5.41, 5.74) is 0.529. The van der Waals surface area contributed by atoms with Gasteiger partial charge in [-0.2, -0.15) is 0 Å². The second-order valence-electron chi connectivity index (χ2n) is 4.87. The predicted molar refractivity (Wildman–Crippen MR) is 90.7 cm³/mol. The van der Waals surface area contributed by atoms with Crippen LogP contribution in [0.15, 0.2) is 12.2 Å². The van der Waals surface area contributed by atoms with Crippen molar-refractivity contribution in [2.24, 2.45) is 0 Å². The molecule has 6 nitrogen and oxygen atoms in total. The largest absolute Gasteiger partial charge is 0.500 e. The van der Waals surface area contributed by atoms with Crippen molar-refractivity contribution in [2.75, 3.05) is 39.5 Å². The highest BCUT2D eigenvalue weighted by Crippen LogP contribution is 2.17. The first-order chi connectivity index (χ1) is 10.5. The summed E-state index contributed by atoms with van der Waals surface area (Å²) in [5.74, 6) is -0.0998. The molecular weight excluding hydrogens is 300 g/mol. The average Bonchev–Trinajstić information content (AvgIpc) is 2.46. The zero-order valence-corrected chi connectivity index (χ0v) is 15.5. The Morgan fingerprint density at radius 2 is 1.55 bits per heavy atom. The second-order valence-corrected chi connectivity index (χ2v) is 7.60. The fourth-order valence-corrected chi connectivity index (χ4v) is 4.58. The Morgan fingerprint density at radius 3 is 2.00 bits per heavy atom. The molecule has 0 unspecified atom stereocenters. The van der Waals surface area contributed by atoms with Gasteiger partial charge in [0.25, 0.3) is 0 Å². The van der Waals surface area contributed by atoms with Crippen LogP contribution in [-0.2, 0) is 18.1 Å². The lowest BCUT2D eigenvalue weighted by atomic mass is 10.3. The fourth-order valence-electron chi connectivity index (χ4n) is 1.97. The Labute approximate surface area is 136 Å². The van der Waals surface area contributed by atoms with Crippen LogP contribution < -0.4 is 10.6 Å². The zero-order chi connectivity index (χ0) is 16.8. The monoisotopic (exact) mass is 332 g/mol. The van der Waals surface area contributed by atoms with Crippen molar-refractivity contribution in [2.45, 2.75) is 40.2 Å². The van der Waals surface area contributed by atoms with Crippen LogP contribution in [0.25, 0.3) is 0 Å². The lowest BCUT2D eigenvalue weighted by Gasteiger charge is -2.28. The third-order valence-electron chi connectivity index (χ3n) is 2.90. The Morgan fingerprint density at radius 1 is 1.00 bits per heavy atom. The highest BCUT2D eigenvalue weighted by Gasteiger charge is 2.39. The topological polar surface area (TPSA) is 68.8 Å². The molecule has 0 aliphatic heterocycles. The normalized spacial score (nSPS) is 11.5. The van der Waals surface area contributed by atoms with Gasteiger partial charge < -0.3 is 23.9 Å². The first kappa shape index (κ1) is 21.3. The van der Waals surface area contributed by atoms with Gasteiger partial charge in [0.1, 0.15) is 0 Å². The highest BCUT2D eigenvalue weighted by atomic mass is 28.4. The number of carbonyl (C=O) groups excluding carboxylic acids is 1. The Kier molecular flexibility index (Phi) is 12.3. The van der Waals surface area contributed by atoms with Gasteiger partial charge in [0.2, 0.25) is 5.91 Å². The lowest BCUT2D eigenvalue weighted by Crippen LogP contribution is -2.46. The van der Waals surface area contributed by atoms with Gasteiger partial charge >= 0.3 is 8.80 Å². The summed E-state index contributed by atoms with van der Waals surface area (Å²) in [5, 5.41) is 6.07. The molecule has 0 aromatic rings. The van der Waals surface area contributed by atoms with Crippen molar-refractivity contribution in [3.8, 4) is 0 Å².